The highest BCUT2D eigenvalue weighted by Crippen LogP contribution is 2.21. The molecule has 0 amide bonds. The summed E-state index contributed by atoms with van der Waals surface area (Å²) in [5.74, 6) is 1.83. The van der Waals surface area contributed by atoms with Crippen LogP contribution in [0.25, 0.3) is 0 Å². The molecule has 2 heterocycles. The van der Waals surface area contributed by atoms with E-state index in [0.29, 0.717) is 0 Å². The van der Waals surface area contributed by atoms with Crippen LogP contribution in [0.3, 0.4) is 0 Å². The highest BCUT2D eigenvalue weighted by atomic mass is 127. The van der Waals surface area contributed by atoms with Crippen LogP contribution in [0, 0.1) is 12.8 Å². The van der Waals surface area contributed by atoms with E-state index in [4.69, 9.17) is 0 Å². The van der Waals surface area contributed by atoms with Gasteiger partial charge in [-0.05, 0) is 68.5 Å². The highest BCUT2D eigenvalue weighted by Gasteiger charge is 2.26. The number of piperidine rings is 1. The fraction of sp³-hybridized carbons (Fsp3) is 0.682. The van der Waals surface area contributed by atoms with E-state index in [0.717, 1.165) is 31.5 Å². The lowest BCUT2D eigenvalue weighted by atomic mass is 10.1. The zero-order valence-corrected chi connectivity index (χ0v) is 20.4. The van der Waals surface area contributed by atoms with E-state index in [-0.39, 0.29) is 24.0 Å². The van der Waals surface area contributed by atoms with Gasteiger partial charge in [0.25, 0.3) is 0 Å². The molecule has 1 aromatic rings. The van der Waals surface area contributed by atoms with Gasteiger partial charge < -0.3 is 20.0 Å². The lowest BCUT2D eigenvalue weighted by Crippen LogP contribution is -2.41. The molecular weight excluding hydrogens is 461 g/mol. The van der Waals surface area contributed by atoms with Crippen molar-refractivity contribution in [2.75, 3.05) is 58.8 Å². The number of aryl methyl sites for hydroxylation is 1. The van der Waals surface area contributed by atoms with Crippen molar-refractivity contribution in [3.05, 3.63) is 29.3 Å². The van der Waals surface area contributed by atoms with E-state index < -0.39 is 0 Å². The van der Waals surface area contributed by atoms with Gasteiger partial charge in [-0.25, -0.2) is 0 Å². The van der Waals surface area contributed by atoms with Crippen LogP contribution in [0.5, 0.6) is 0 Å². The summed E-state index contributed by atoms with van der Waals surface area (Å²) in [5, 5.41) is 3.59. The minimum Gasteiger partial charge on any atom is -0.378 e. The minimum atomic E-state index is 0. The number of anilines is 1. The first-order valence-corrected chi connectivity index (χ1v) is 10.5. The average molecular weight is 499 g/mol. The zero-order chi connectivity index (χ0) is 19.2. The lowest BCUT2D eigenvalue weighted by molar-refractivity contribution is 0.198. The SMILES string of the molecule is CN=C(NCc1ccc(N(C)C)cc1C)N1CCC(CN2CCCCC2)C1.I. The normalized spacial score (nSPS) is 20.8. The van der Waals surface area contributed by atoms with Crippen molar-refractivity contribution >= 4 is 35.6 Å². The predicted octanol–water partition coefficient (Wildman–Crippen LogP) is 3.56. The largest absolute Gasteiger partial charge is 0.378 e. The molecule has 1 N–H and O–H groups in total. The van der Waals surface area contributed by atoms with Crippen LogP contribution in [0.2, 0.25) is 0 Å². The number of hydrogen-bond acceptors (Lipinski definition) is 3. The van der Waals surface area contributed by atoms with Gasteiger partial charge in [0.05, 0.1) is 0 Å². The Kier molecular flexibility index (Phi) is 9.34. The zero-order valence-electron chi connectivity index (χ0n) is 18.1. The maximum absolute atomic E-state index is 4.55. The molecule has 5 nitrogen and oxygen atoms in total. The van der Waals surface area contributed by atoms with Crippen molar-refractivity contribution in [1.29, 1.82) is 0 Å². The van der Waals surface area contributed by atoms with Crippen LogP contribution >= 0.6 is 24.0 Å². The summed E-state index contributed by atoms with van der Waals surface area (Å²) in [7, 11) is 6.08. The standard InChI is InChI=1S/C22H37N5.HI/c1-18-14-21(25(3)4)9-8-20(18)15-24-22(23-2)27-13-10-19(17-27)16-26-11-6-5-7-12-26;/h8-9,14,19H,5-7,10-13,15-17H2,1-4H3,(H,23,24);1H. The van der Waals surface area contributed by atoms with E-state index in [9.17, 15) is 0 Å². The number of nitrogens with zero attached hydrogens (tertiary/aromatic N) is 4. The monoisotopic (exact) mass is 499 g/mol. The van der Waals surface area contributed by atoms with Crippen LogP contribution < -0.4 is 10.2 Å². The van der Waals surface area contributed by atoms with E-state index in [2.05, 4.69) is 64.2 Å². The highest BCUT2D eigenvalue weighted by molar-refractivity contribution is 14.0. The maximum atomic E-state index is 4.55. The van der Waals surface area contributed by atoms with Gasteiger partial charge in [0.1, 0.15) is 0 Å². The predicted molar refractivity (Wildman–Crippen MR) is 131 cm³/mol. The number of rotatable bonds is 5. The first kappa shape index (κ1) is 23.3. The molecule has 158 valence electrons. The number of likely N-dealkylation sites (tertiary alicyclic amines) is 2. The molecule has 1 unspecified atom stereocenters. The maximum Gasteiger partial charge on any atom is 0.193 e. The quantitative estimate of drug-likeness (QED) is 0.382. The summed E-state index contributed by atoms with van der Waals surface area (Å²) in [4.78, 5) is 11.8. The van der Waals surface area contributed by atoms with Gasteiger partial charge in [-0.2, -0.15) is 0 Å². The molecule has 1 aromatic carbocycles. The first-order valence-electron chi connectivity index (χ1n) is 10.5. The third-order valence-electron chi connectivity index (χ3n) is 6.04. The summed E-state index contributed by atoms with van der Waals surface area (Å²) in [6.45, 7) is 9.14. The lowest BCUT2D eigenvalue weighted by Gasteiger charge is -2.29. The number of nitrogens with one attached hydrogen (secondary N) is 1. The third kappa shape index (κ3) is 6.24. The Morgan fingerprint density at radius 2 is 1.93 bits per heavy atom. The van der Waals surface area contributed by atoms with Gasteiger partial charge in [-0.3, -0.25) is 4.99 Å². The Hall–Kier alpha value is -1.02. The van der Waals surface area contributed by atoms with Gasteiger partial charge in [0.2, 0.25) is 0 Å². The molecule has 6 heteroatoms. The fourth-order valence-electron chi connectivity index (χ4n) is 4.34. The Morgan fingerprint density at radius 1 is 1.18 bits per heavy atom. The van der Waals surface area contributed by atoms with E-state index in [1.54, 1.807) is 0 Å². The second kappa shape index (κ2) is 11.2. The molecule has 2 saturated heterocycles. The van der Waals surface area contributed by atoms with Crippen LogP contribution in [0.4, 0.5) is 5.69 Å². The van der Waals surface area contributed by atoms with Crippen molar-refractivity contribution in [2.24, 2.45) is 10.9 Å². The van der Waals surface area contributed by atoms with Crippen molar-refractivity contribution in [2.45, 2.75) is 39.2 Å². The smallest absolute Gasteiger partial charge is 0.193 e. The molecule has 2 aliphatic rings. The summed E-state index contributed by atoms with van der Waals surface area (Å²) in [6.07, 6.45) is 5.46. The second-order valence-corrected chi connectivity index (χ2v) is 8.37. The Labute approximate surface area is 188 Å². The molecule has 0 aromatic heterocycles. The van der Waals surface area contributed by atoms with Crippen molar-refractivity contribution < 1.29 is 0 Å². The molecule has 1 atom stereocenters. The number of hydrogen-bond donors (Lipinski definition) is 1. The molecule has 28 heavy (non-hydrogen) atoms. The van der Waals surface area contributed by atoms with E-state index in [1.807, 2.05) is 7.05 Å². The van der Waals surface area contributed by atoms with Gasteiger partial charge in [0, 0.05) is 53.0 Å². The van der Waals surface area contributed by atoms with E-state index >= 15 is 0 Å². The van der Waals surface area contributed by atoms with Crippen molar-refractivity contribution in [3.63, 3.8) is 0 Å². The molecule has 0 saturated carbocycles. The van der Waals surface area contributed by atoms with Gasteiger partial charge in [-0.15, -0.1) is 24.0 Å². The topological polar surface area (TPSA) is 34.1 Å². The number of benzene rings is 1. The third-order valence-corrected chi connectivity index (χ3v) is 6.04. The second-order valence-electron chi connectivity index (χ2n) is 8.37. The number of guanidine groups is 1. The summed E-state index contributed by atoms with van der Waals surface area (Å²) in [6, 6.07) is 6.68. The summed E-state index contributed by atoms with van der Waals surface area (Å²) in [5.41, 5.74) is 3.92. The number of halogens is 1. The van der Waals surface area contributed by atoms with Crippen LogP contribution in [-0.4, -0.2) is 69.6 Å². The first-order chi connectivity index (χ1) is 13.1. The molecule has 3 rings (SSSR count). The summed E-state index contributed by atoms with van der Waals surface area (Å²) < 4.78 is 0. The fourth-order valence-corrected chi connectivity index (χ4v) is 4.34. The molecule has 2 fully saturated rings. The number of aliphatic imine (C=N–C) groups is 1. The minimum absolute atomic E-state index is 0. The molecule has 0 radical (unpaired) electrons. The molecule has 0 aliphatic carbocycles. The van der Waals surface area contributed by atoms with Crippen LogP contribution in [0.15, 0.2) is 23.2 Å². The molecular formula is C22H38IN5. The summed E-state index contributed by atoms with van der Waals surface area (Å²) >= 11 is 0. The Balaban J connectivity index is 0.00000280. The average Bonchev–Trinajstić information content (AvgIpc) is 3.12. The molecule has 0 bridgehead atoms. The van der Waals surface area contributed by atoms with Crippen molar-refractivity contribution in [1.82, 2.24) is 15.1 Å². The van der Waals surface area contributed by atoms with Gasteiger partial charge in [0.15, 0.2) is 5.96 Å². The Morgan fingerprint density at radius 3 is 2.57 bits per heavy atom. The van der Waals surface area contributed by atoms with E-state index in [1.165, 1.54) is 62.1 Å². The van der Waals surface area contributed by atoms with Gasteiger partial charge in [-0.1, -0.05) is 12.5 Å². The van der Waals surface area contributed by atoms with Gasteiger partial charge >= 0.3 is 0 Å². The van der Waals surface area contributed by atoms with Crippen LogP contribution in [0.1, 0.15) is 36.8 Å². The molecule has 2 aliphatic heterocycles. The van der Waals surface area contributed by atoms with Crippen LogP contribution in [-0.2, 0) is 6.54 Å². The van der Waals surface area contributed by atoms with Crippen molar-refractivity contribution in [3.8, 4) is 0 Å². The Bertz CT molecular complexity index is 640. The molecule has 0 spiro atoms.